The van der Waals surface area contributed by atoms with Crippen molar-refractivity contribution in [2.75, 3.05) is 0 Å². The van der Waals surface area contributed by atoms with Crippen molar-refractivity contribution in [1.82, 2.24) is 5.32 Å². The fourth-order valence-corrected chi connectivity index (χ4v) is 3.25. The molecule has 3 nitrogen and oxygen atoms in total. The smallest absolute Gasteiger partial charge is 0.220 e. The van der Waals surface area contributed by atoms with Gasteiger partial charge in [0.2, 0.25) is 5.91 Å². The van der Waals surface area contributed by atoms with Crippen LogP contribution in [0.15, 0.2) is 18.2 Å². The van der Waals surface area contributed by atoms with E-state index < -0.39 is 0 Å². The SMILES string of the molecule is Cc1ccc(C(C)NC(=O)C[C@@H]2CCC[C@H]2N)c(C)c1. The lowest BCUT2D eigenvalue weighted by molar-refractivity contribution is -0.122. The molecule has 1 unspecified atom stereocenters. The molecule has 0 bridgehead atoms. The molecule has 1 aromatic carbocycles. The lowest BCUT2D eigenvalue weighted by atomic mass is 9.98. The molecule has 0 aliphatic heterocycles. The molecule has 0 radical (unpaired) electrons. The zero-order valence-electron chi connectivity index (χ0n) is 12.8. The summed E-state index contributed by atoms with van der Waals surface area (Å²) in [5, 5.41) is 3.11. The highest BCUT2D eigenvalue weighted by molar-refractivity contribution is 5.76. The minimum atomic E-state index is 0.0562. The maximum Gasteiger partial charge on any atom is 0.220 e. The number of rotatable bonds is 4. The van der Waals surface area contributed by atoms with Crippen molar-refractivity contribution in [3.8, 4) is 0 Å². The first-order valence-electron chi connectivity index (χ1n) is 7.59. The van der Waals surface area contributed by atoms with Crippen molar-refractivity contribution in [3.05, 3.63) is 34.9 Å². The van der Waals surface area contributed by atoms with Crippen LogP contribution in [0.1, 0.15) is 55.3 Å². The minimum Gasteiger partial charge on any atom is -0.350 e. The molecule has 2 rings (SSSR count). The van der Waals surface area contributed by atoms with Gasteiger partial charge in [-0.25, -0.2) is 0 Å². The minimum absolute atomic E-state index is 0.0562. The molecular formula is C17H26N2O. The van der Waals surface area contributed by atoms with Gasteiger partial charge in [-0.3, -0.25) is 4.79 Å². The van der Waals surface area contributed by atoms with Gasteiger partial charge in [0, 0.05) is 12.5 Å². The lowest BCUT2D eigenvalue weighted by Gasteiger charge is -2.20. The van der Waals surface area contributed by atoms with Gasteiger partial charge in [0.05, 0.1) is 6.04 Å². The summed E-state index contributed by atoms with van der Waals surface area (Å²) in [5.41, 5.74) is 9.71. The van der Waals surface area contributed by atoms with Gasteiger partial charge >= 0.3 is 0 Å². The maximum atomic E-state index is 12.1. The van der Waals surface area contributed by atoms with Crippen LogP contribution < -0.4 is 11.1 Å². The quantitative estimate of drug-likeness (QED) is 0.886. The van der Waals surface area contributed by atoms with Crippen LogP contribution in [-0.2, 0) is 4.79 Å². The normalized spacial score (nSPS) is 23.6. The predicted octanol–water partition coefficient (Wildman–Crippen LogP) is 3.00. The number of hydrogen-bond acceptors (Lipinski definition) is 2. The van der Waals surface area contributed by atoms with E-state index in [9.17, 15) is 4.79 Å². The summed E-state index contributed by atoms with van der Waals surface area (Å²) in [7, 11) is 0. The Bertz CT molecular complexity index is 484. The van der Waals surface area contributed by atoms with Gasteiger partial charge in [-0.1, -0.05) is 30.2 Å². The largest absolute Gasteiger partial charge is 0.350 e. The summed E-state index contributed by atoms with van der Waals surface area (Å²) >= 11 is 0. The summed E-state index contributed by atoms with van der Waals surface area (Å²) < 4.78 is 0. The Morgan fingerprint density at radius 2 is 2.15 bits per heavy atom. The molecule has 1 amide bonds. The molecular weight excluding hydrogens is 248 g/mol. The number of aryl methyl sites for hydroxylation is 2. The van der Waals surface area contributed by atoms with Gasteiger partial charge in [0.25, 0.3) is 0 Å². The molecule has 1 aliphatic carbocycles. The molecule has 3 N–H and O–H groups in total. The van der Waals surface area contributed by atoms with Crippen LogP contribution in [0.5, 0.6) is 0 Å². The van der Waals surface area contributed by atoms with Crippen molar-refractivity contribution in [2.45, 2.75) is 58.5 Å². The van der Waals surface area contributed by atoms with Gasteiger partial charge in [-0.05, 0) is 50.7 Å². The van der Waals surface area contributed by atoms with E-state index in [-0.39, 0.29) is 18.0 Å². The molecule has 20 heavy (non-hydrogen) atoms. The number of amides is 1. The maximum absolute atomic E-state index is 12.1. The van der Waals surface area contributed by atoms with Crippen molar-refractivity contribution in [1.29, 1.82) is 0 Å². The fourth-order valence-electron chi connectivity index (χ4n) is 3.25. The van der Waals surface area contributed by atoms with E-state index in [0.29, 0.717) is 12.3 Å². The summed E-state index contributed by atoms with van der Waals surface area (Å²) in [5.74, 6) is 0.487. The van der Waals surface area contributed by atoms with E-state index >= 15 is 0 Å². The van der Waals surface area contributed by atoms with E-state index in [2.05, 4.69) is 37.4 Å². The van der Waals surface area contributed by atoms with Gasteiger partial charge in [-0.15, -0.1) is 0 Å². The van der Waals surface area contributed by atoms with Crippen LogP contribution in [0.2, 0.25) is 0 Å². The summed E-state index contributed by atoms with van der Waals surface area (Å²) in [6, 6.07) is 6.62. The molecule has 1 aromatic rings. The zero-order chi connectivity index (χ0) is 14.7. The molecule has 0 saturated heterocycles. The molecule has 0 aromatic heterocycles. The number of nitrogens with two attached hydrogens (primary N) is 1. The summed E-state index contributed by atoms with van der Waals surface area (Å²) in [4.78, 5) is 12.1. The number of hydrogen-bond donors (Lipinski definition) is 2. The van der Waals surface area contributed by atoms with E-state index in [1.54, 1.807) is 0 Å². The molecule has 0 heterocycles. The third kappa shape index (κ3) is 3.60. The number of nitrogens with one attached hydrogen (secondary N) is 1. The summed E-state index contributed by atoms with van der Waals surface area (Å²) in [6.45, 7) is 6.23. The average Bonchev–Trinajstić information content (AvgIpc) is 2.74. The standard InChI is InChI=1S/C17H26N2O/c1-11-7-8-15(12(2)9-11)13(3)19-17(20)10-14-5-4-6-16(14)18/h7-9,13-14,16H,4-6,10,18H2,1-3H3,(H,19,20)/t13?,14-,16+/m0/s1. The molecule has 1 aliphatic rings. The topological polar surface area (TPSA) is 55.1 Å². The number of carbonyl (C=O) groups excluding carboxylic acids is 1. The third-order valence-electron chi connectivity index (χ3n) is 4.43. The van der Waals surface area contributed by atoms with Crippen LogP contribution in [0.4, 0.5) is 0 Å². The first-order chi connectivity index (χ1) is 9.47. The third-order valence-corrected chi connectivity index (χ3v) is 4.43. The monoisotopic (exact) mass is 274 g/mol. The summed E-state index contributed by atoms with van der Waals surface area (Å²) in [6.07, 6.45) is 3.87. The van der Waals surface area contributed by atoms with E-state index in [0.717, 1.165) is 19.3 Å². The second-order valence-corrected chi connectivity index (χ2v) is 6.21. The highest BCUT2D eigenvalue weighted by atomic mass is 16.1. The Labute approximate surface area is 121 Å². The van der Waals surface area contributed by atoms with Gasteiger partial charge in [0.1, 0.15) is 0 Å². The van der Waals surface area contributed by atoms with Crippen LogP contribution in [0, 0.1) is 19.8 Å². The van der Waals surface area contributed by atoms with E-state index in [1.165, 1.54) is 16.7 Å². The number of benzene rings is 1. The molecule has 1 fully saturated rings. The first-order valence-corrected chi connectivity index (χ1v) is 7.59. The highest BCUT2D eigenvalue weighted by Gasteiger charge is 2.26. The number of carbonyl (C=O) groups is 1. The second kappa shape index (κ2) is 6.40. The van der Waals surface area contributed by atoms with Crippen molar-refractivity contribution in [3.63, 3.8) is 0 Å². The van der Waals surface area contributed by atoms with Crippen LogP contribution in [0.3, 0.4) is 0 Å². The Balaban J connectivity index is 1.93. The molecule has 110 valence electrons. The van der Waals surface area contributed by atoms with Gasteiger partial charge in [0.15, 0.2) is 0 Å². The lowest BCUT2D eigenvalue weighted by Crippen LogP contribution is -2.33. The van der Waals surface area contributed by atoms with Crippen molar-refractivity contribution >= 4 is 5.91 Å². The molecule has 1 saturated carbocycles. The molecule has 3 atom stereocenters. The van der Waals surface area contributed by atoms with Crippen LogP contribution in [-0.4, -0.2) is 11.9 Å². The first kappa shape index (κ1) is 15.0. The fraction of sp³-hybridized carbons (Fsp3) is 0.588. The molecule has 0 spiro atoms. The highest BCUT2D eigenvalue weighted by Crippen LogP contribution is 2.27. The van der Waals surface area contributed by atoms with Gasteiger partial charge in [-0.2, -0.15) is 0 Å². The van der Waals surface area contributed by atoms with Crippen LogP contribution >= 0.6 is 0 Å². The van der Waals surface area contributed by atoms with Crippen LogP contribution in [0.25, 0.3) is 0 Å². The predicted molar refractivity (Wildman–Crippen MR) is 82.4 cm³/mol. The Morgan fingerprint density at radius 1 is 1.40 bits per heavy atom. The molecule has 3 heteroatoms. The average molecular weight is 274 g/mol. The zero-order valence-corrected chi connectivity index (χ0v) is 12.8. The second-order valence-electron chi connectivity index (χ2n) is 6.21. The van der Waals surface area contributed by atoms with E-state index in [4.69, 9.17) is 5.73 Å². The Morgan fingerprint density at radius 3 is 2.75 bits per heavy atom. The van der Waals surface area contributed by atoms with Crippen molar-refractivity contribution < 1.29 is 4.79 Å². The van der Waals surface area contributed by atoms with Crippen molar-refractivity contribution in [2.24, 2.45) is 11.7 Å². The Kier molecular flexibility index (Phi) is 4.81. The van der Waals surface area contributed by atoms with Gasteiger partial charge < -0.3 is 11.1 Å². The van der Waals surface area contributed by atoms with E-state index in [1.807, 2.05) is 6.92 Å². The Hall–Kier alpha value is -1.35.